The van der Waals surface area contributed by atoms with Gasteiger partial charge in [-0.2, -0.15) is 13.2 Å². The third-order valence-corrected chi connectivity index (χ3v) is 6.22. The molecule has 4 atom stereocenters. The summed E-state index contributed by atoms with van der Waals surface area (Å²) in [6.45, 7) is 5.04. The molecule has 0 radical (unpaired) electrons. The topological polar surface area (TPSA) is 84.9 Å². The van der Waals surface area contributed by atoms with E-state index in [-0.39, 0.29) is 41.7 Å². The van der Waals surface area contributed by atoms with Gasteiger partial charge in [-0.15, -0.1) is 0 Å². The van der Waals surface area contributed by atoms with Crippen molar-refractivity contribution in [3.05, 3.63) is 47.7 Å². The van der Waals surface area contributed by atoms with Gasteiger partial charge in [0.25, 0.3) is 5.91 Å². The lowest BCUT2D eigenvalue weighted by atomic mass is 9.88. The lowest BCUT2D eigenvalue weighted by Crippen LogP contribution is -2.49. The highest BCUT2D eigenvalue weighted by atomic mass is 19.4. The molecule has 2 amide bonds. The molecule has 2 bridgehead atoms. The number of methoxy groups -OCH3 is 1. The van der Waals surface area contributed by atoms with Crippen molar-refractivity contribution in [2.45, 2.75) is 63.3 Å². The maximum Gasteiger partial charge on any atom is 0.416 e. The van der Waals surface area contributed by atoms with Crippen LogP contribution in [0.15, 0.2) is 36.6 Å². The molecule has 7 nitrogen and oxygen atoms in total. The lowest BCUT2D eigenvalue weighted by molar-refractivity contribution is -0.141. The van der Waals surface area contributed by atoms with Crippen molar-refractivity contribution in [2.24, 2.45) is 5.92 Å². The fourth-order valence-corrected chi connectivity index (χ4v) is 4.85. The van der Waals surface area contributed by atoms with E-state index in [1.165, 1.54) is 26.2 Å². The highest BCUT2D eigenvalue weighted by molar-refractivity contribution is 5.95. The van der Waals surface area contributed by atoms with Crippen LogP contribution in [0.1, 0.15) is 54.9 Å². The zero-order chi connectivity index (χ0) is 24.3. The van der Waals surface area contributed by atoms with Crippen molar-refractivity contribution < 1.29 is 37.0 Å². The maximum atomic E-state index is 13.3. The number of nitrogens with one attached hydrogen (secondary N) is 1. The number of amides is 2. The van der Waals surface area contributed by atoms with E-state index in [1.54, 1.807) is 4.90 Å². The van der Waals surface area contributed by atoms with Crippen LogP contribution < -0.4 is 5.32 Å². The highest BCUT2D eigenvalue weighted by Crippen LogP contribution is 2.43. The number of esters is 1. The van der Waals surface area contributed by atoms with Crippen molar-refractivity contribution in [1.29, 1.82) is 0 Å². The van der Waals surface area contributed by atoms with E-state index in [4.69, 9.17) is 9.47 Å². The predicted octanol–water partition coefficient (Wildman–Crippen LogP) is 4.28. The monoisotopic (exact) mass is 468 g/mol. The van der Waals surface area contributed by atoms with E-state index in [9.17, 15) is 27.6 Å². The van der Waals surface area contributed by atoms with Crippen LogP contribution in [0.5, 0.6) is 0 Å². The van der Waals surface area contributed by atoms with Crippen molar-refractivity contribution in [3.8, 4) is 0 Å². The summed E-state index contributed by atoms with van der Waals surface area (Å²) in [5.74, 6) is -0.929. The number of nitrogens with zero attached hydrogens (tertiary/aromatic N) is 1. The molecule has 0 saturated carbocycles. The molecular weight excluding hydrogens is 441 g/mol. The SMILES string of the molecule is C=C(C)OC(=O)NC(CC(=O)OC)C1CC2CCCC1N2C(=O)c1ccc(C(F)(F)F)cc1. The molecule has 2 aliphatic rings. The molecule has 10 heteroatoms. The number of hydrogen-bond acceptors (Lipinski definition) is 5. The van der Waals surface area contributed by atoms with E-state index < -0.39 is 29.8 Å². The normalized spacial score (nSPS) is 22.9. The van der Waals surface area contributed by atoms with Gasteiger partial charge in [0.1, 0.15) is 0 Å². The Hall–Kier alpha value is -3.04. The van der Waals surface area contributed by atoms with Crippen molar-refractivity contribution in [2.75, 3.05) is 7.11 Å². The summed E-state index contributed by atoms with van der Waals surface area (Å²) < 4.78 is 48.4. The first-order chi connectivity index (χ1) is 15.5. The minimum atomic E-state index is -4.48. The Labute approximate surface area is 189 Å². The standard InChI is InChI=1S/C23H27F3N2O5/c1-13(2)33-22(31)27-18(12-20(29)32-3)17-11-16-5-4-6-19(17)28(16)21(30)14-7-9-15(10-8-14)23(24,25)26/h7-10,16-19H,1,4-6,11-12H2,2-3H3,(H,27,31). The second-order valence-electron chi connectivity index (χ2n) is 8.46. The van der Waals surface area contributed by atoms with E-state index in [1.807, 2.05) is 0 Å². The third-order valence-electron chi connectivity index (χ3n) is 6.22. The molecule has 2 fully saturated rings. The van der Waals surface area contributed by atoms with Crippen LogP contribution in [0.25, 0.3) is 0 Å². The van der Waals surface area contributed by atoms with Crippen molar-refractivity contribution in [1.82, 2.24) is 10.2 Å². The molecule has 4 unspecified atom stereocenters. The average Bonchev–Trinajstić information content (AvgIpc) is 2.96. The van der Waals surface area contributed by atoms with Gasteiger partial charge >= 0.3 is 18.2 Å². The van der Waals surface area contributed by atoms with E-state index in [0.717, 1.165) is 25.0 Å². The average molecular weight is 468 g/mol. The highest BCUT2D eigenvalue weighted by Gasteiger charge is 2.49. The van der Waals surface area contributed by atoms with E-state index in [2.05, 4.69) is 11.9 Å². The molecule has 1 aromatic carbocycles. The predicted molar refractivity (Wildman–Crippen MR) is 112 cm³/mol. The number of carbonyl (C=O) groups excluding carboxylic acids is 3. The van der Waals surface area contributed by atoms with Crippen LogP contribution in [0.4, 0.5) is 18.0 Å². The smallest absolute Gasteiger partial charge is 0.416 e. The first-order valence-corrected chi connectivity index (χ1v) is 10.7. The maximum absolute atomic E-state index is 13.3. The van der Waals surface area contributed by atoms with Crippen LogP contribution in [0.3, 0.4) is 0 Å². The second kappa shape index (κ2) is 9.84. The molecule has 0 aromatic heterocycles. The molecule has 1 aromatic rings. The Kier molecular flexibility index (Phi) is 7.34. The molecule has 33 heavy (non-hydrogen) atoms. The fraction of sp³-hybridized carbons (Fsp3) is 0.522. The van der Waals surface area contributed by atoms with Gasteiger partial charge in [-0.3, -0.25) is 9.59 Å². The van der Waals surface area contributed by atoms with Crippen LogP contribution in [0, 0.1) is 5.92 Å². The molecule has 0 spiro atoms. The lowest BCUT2D eigenvalue weighted by Gasteiger charge is -2.37. The molecule has 3 rings (SSSR count). The molecule has 2 aliphatic heterocycles. The summed E-state index contributed by atoms with van der Waals surface area (Å²) in [5.41, 5.74) is -0.656. The number of hydrogen-bond donors (Lipinski definition) is 1. The van der Waals surface area contributed by atoms with E-state index >= 15 is 0 Å². The van der Waals surface area contributed by atoms with Crippen molar-refractivity contribution >= 4 is 18.0 Å². The first kappa shape index (κ1) is 24.6. The number of piperidine rings is 1. The summed E-state index contributed by atoms with van der Waals surface area (Å²) in [5, 5.41) is 2.71. The summed E-state index contributed by atoms with van der Waals surface area (Å²) >= 11 is 0. The number of halogens is 3. The zero-order valence-electron chi connectivity index (χ0n) is 18.5. The minimum absolute atomic E-state index is 0.0992. The molecule has 0 aliphatic carbocycles. The molecule has 180 valence electrons. The Bertz CT molecular complexity index is 916. The summed E-state index contributed by atoms with van der Waals surface area (Å²) in [6, 6.07) is 3.10. The van der Waals surface area contributed by atoms with Gasteiger partial charge in [-0.25, -0.2) is 4.79 Å². The molecular formula is C23H27F3N2O5. The Balaban J connectivity index is 1.83. The number of fused-ring (bicyclic) bond motifs is 2. The van der Waals surface area contributed by atoms with Crippen LogP contribution in [-0.4, -0.2) is 48.1 Å². The third kappa shape index (κ3) is 5.66. The Morgan fingerprint density at radius 1 is 1.21 bits per heavy atom. The number of benzene rings is 1. The van der Waals surface area contributed by atoms with Gasteiger partial charge in [-0.05, 0) is 56.9 Å². The summed E-state index contributed by atoms with van der Waals surface area (Å²) in [4.78, 5) is 39.2. The fourth-order valence-electron chi connectivity index (χ4n) is 4.85. The Morgan fingerprint density at radius 3 is 2.45 bits per heavy atom. The Morgan fingerprint density at radius 2 is 1.88 bits per heavy atom. The molecule has 1 N–H and O–H groups in total. The molecule has 2 heterocycles. The largest absolute Gasteiger partial charge is 0.469 e. The van der Waals surface area contributed by atoms with Crippen molar-refractivity contribution in [3.63, 3.8) is 0 Å². The number of rotatable bonds is 6. The molecule has 2 saturated heterocycles. The van der Waals surface area contributed by atoms with Crippen LogP contribution in [-0.2, 0) is 20.4 Å². The number of alkyl halides is 3. The summed E-state index contributed by atoms with van der Waals surface area (Å²) in [6.07, 6.45) is -2.53. The minimum Gasteiger partial charge on any atom is -0.469 e. The zero-order valence-corrected chi connectivity index (χ0v) is 18.5. The van der Waals surface area contributed by atoms with Crippen LogP contribution >= 0.6 is 0 Å². The number of allylic oxidation sites excluding steroid dienone is 1. The van der Waals surface area contributed by atoms with Crippen LogP contribution in [0.2, 0.25) is 0 Å². The van der Waals surface area contributed by atoms with Gasteiger partial charge in [-0.1, -0.05) is 6.58 Å². The first-order valence-electron chi connectivity index (χ1n) is 10.7. The van der Waals surface area contributed by atoms with Gasteiger partial charge in [0, 0.05) is 29.6 Å². The van der Waals surface area contributed by atoms with Gasteiger partial charge in [0.2, 0.25) is 0 Å². The summed E-state index contributed by atoms with van der Waals surface area (Å²) in [7, 11) is 1.25. The second-order valence-corrected chi connectivity index (χ2v) is 8.46. The number of carbonyl (C=O) groups is 3. The number of alkyl carbamates (subject to hydrolysis) is 1. The van der Waals surface area contributed by atoms with E-state index in [0.29, 0.717) is 12.8 Å². The van der Waals surface area contributed by atoms with Gasteiger partial charge in [0.15, 0.2) is 0 Å². The van der Waals surface area contributed by atoms with Gasteiger partial charge in [0.05, 0.1) is 24.9 Å². The quantitative estimate of drug-likeness (QED) is 0.498. The number of ether oxygens (including phenoxy) is 2. The van der Waals surface area contributed by atoms with Gasteiger partial charge < -0.3 is 19.7 Å².